The van der Waals surface area contributed by atoms with Gasteiger partial charge in [0.1, 0.15) is 18.1 Å². The number of hydrogen-bond donors (Lipinski definition) is 0. The molecular formula is C17H17NO2. The fraction of sp³-hybridized carbons (Fsp3) is 0.118. The molecule has 0 bridgehead atoms. The Labute approximate surface area is 119 Å². The van der Waals surface area contributed by atoms with Crippen LogP contribution in [-0.4, -0.2) is 19.9 Å². The standard InChI is InChI=1S/C17H17NO2/c1-3-12-20-17-7-5-4-6-14(17)13-18-15-8-10-16(19-2)11-9-15/h3-11,13H,1,12H2,2H3. The van der Waals surface area contributed by atoms with Crippen LogP contribution in [0.15, 0.2) is 66.2 Å². The van der Waals surface area contributed by atoms with Crippen LogP contribution in [0.5, 0.6) is 11.5 Å². The first-order valence-corrected chi connectivity index (χ1v) is 6.34. The maximum absolute atomic E-state index is 5.58. The Hall–Kier alpha value is -2.55. The van der Waals surface area contributed by atoms with Crippen LogP contribution in [-0.2, 0) is 0 Å². The fourth-order valence-corrected chi connectivity index (χ4v) is 1.68. The van der Waals surface area contributed by atoms with Crippen molar-refractivity contribution >= 4 is 11.9 Å². The van der Waals surface area contributed by atoms with Crippen LogP contribution in [0, 0.1) is 0 Å². The molecule has 0 aliphatic rings. The lowest BCUT2D eigenvalue weighted by molar-refractivity contribution is 0.363. The van der Waals surface area contributed by atoms with Gasteiger partial charge in [0.2, 0.25) is 0 Å². The molecule has 0 saturated heterocycles. The highest BCUT2D eigenvalue weighted by Crippen LogP contribution is 2.20. The molecule has 2 aromatic rings. The lowest BCUT2D eigenvalue weighted by Gasteiger charge is -2.06. The lowest BCUT2D eigenvalue weighted by Crippen LogP contribution is -1.96. The summed E-state index contributed by atoms with van der Waals surface area (Å²) in [6.45, 7) is 4.12. The molecule has 3 heteroatoms. The summed E-state index contributed by atoms with van der Waals surface area (Å²) in [5.74, 6) is 1.61. The maximum Gasteiger partial charge on any atom is 0.128 e. The van der Waals surface area contributed by atoms with Gasteiger partial charge in [0, 0.05) is 11.8 Å². The SMILES string of the molecule is C=CCOc1ccccc1C=Nc1ccc(OC)cc1. The summed E-state index contributed by atoms with van der Waals surface area (Å²) in [4.78, 5) is 4.43. The number of rotatable bonds is 6. The van der Waals surface area contributed by atoms with Gasteiger partial charge in [0.25, 0.3) is 0 Å². The third kappa shape index (κ3) is 3.72. The van der Waals surface area contributed by atoms with E-state index in [0.29, 0.717) is 6.61 Å². The van der Waals surface area contributed by atoms with E-state index in [4.69, 9.17) is 9.47 Å². The van der Waals surface area contributed by atoms with Gasteiger partial charge in [-0.3, -0.25) is 4.99 Å². The van der Waals surface area contributed by atoms with Crippen LogP contribution < -0.4 is 9.47 Å². The maximum atomic E-state index is 5.58. The Morgan fingerprint density at radius 3 is 2.55 bits per heavy atom. The zero-order valence-electron chi connectivity index (χ0n) is 11.5. The number of ether oxygens (including phenoxy) is 2. The molecule has 0 fully saturated rings. The molecule has 0 amide bonds. The van der Waals surface area contributed by atoms with Crippen LogP contribution in [0.2, 0.25) is 0 Å². The average Bonchev–Trinajstić information content (AvgIpc) is 2.52. The van der Waals surface area contributed by atoms with Crippen molar-refractivity contribution < 1.29 is 9.47 Å². The molecular weight excluding hydrogens is 250 g/mol. The third-order valence-corrected chi connectivity index (χ3v) is 2.70. The summed E-state index contributed by atoms with van der Waals surface area (Å²) in [6.07, 6.45) is 3.51. The summed E-state index contributed by atoms with van der Waals surface area (Å²) in [5, 5.41) is 0. The van der Waals surface area contributed by atoms with Crippen molar-refractivity contribution in [2.24, 2.45) is 4.99 Å². The number of hydrogen-bond acceptors (Lipinski definition) is 3. The van der Waals surface area contributed by atoms with Crippen molar-refractivity contribution in [2.45, 2.75) is 0 Å². The predicted octanol–water partition coefficient (Wildman–Crippen LogP) is 4.01. The molecule has 2 aromatic carbocycles. The minimum absolute atomic E-state index is 0.480. The van der Waals surface area contributed by atoms with Crippen LogP contribution in [0.1, 0.15) is 5.56 Å². The second-order valence-electron chi connectivity index (χ2n) is 4.09. The molecule has 3 nitrogen and oxygen atoms in total. The molecule has 0 aliphatic carbocycles. The van der Waals surface area contributed by atoms with Gasteiger partial charge in [0.15, 0.2) is 0 Å². The predicted molar refractivity (Wildman–Crippen MR) is 82.4 cm³/mol. The van der Waals surface area contributed by atoms with Gasteiger partial charge in [-0.1, -0.05) is 24.8 Å². The van der Waals surface area contributed by atoms with Crippen LogP contribution in [0.3, 0.4) is 0 Å². The van der Waals surface area contributed by atoms with Gasteiger partial charge in [0.05, 0.1) is 12.8 Å². The minimum atomic E-state index is 0.480. The van der Waals surface area contributed by atoms with E-state index in [2.05, 4.69) is 11.6 Å². The van der Waals surface area contributed by atoms with Crippen LogP contribution >= 0.6 is 0 Å². The van der Waals surface area contributed by atoms with E-state index in [0.717, 1.165) is 22.7 Å². The molecule has 0 atom stereocenters. The first kappa shape index (κ1) is 13.9. The highest BCUT2D eigenvalue weighted by molar-refractivity contribution is 5.85. The summed E-state index contributed by atoms with van der Waals surface area (Å²) in [6, 6.07) is 15.3. The van der Waals surface area contributed by atoms with Gasteiger partial charge >= 0.3 is 0 Å². The smallest absolute Gasteiger partial charge is 0.128 e. The van der Waals surface area contributed by atoms with E-state index in [1.165, 1.54) is 0 Å². The Bertz CT molecular complexity index is 588. The monoisotopic (exact) mass is 267 g/mol. The second kappa shape index (κ2) is 7.14. The van der Waals surface area contributed by atoms with Crippen molar-refractivity contribution in [1.29, 1.82) is 0 Å². The van der Waals surface area contributed by atoms with Crippen molar-refractivity contribution in [3.63, 3.8) is 0 Å². The van der Waals surface area contributed by atoms with Crippen LogP contribution in [0.25, 0.3) is 0 Å². The number of para-hydroxylation sites is 1. The summed E-state index contributed by atoms with van der Waals surface area (Å²) in [5.41, 5.74) is 1.80. The van der Waals surface area contributed by atoms with Crippen molar-refractivity contribution in [1.82, 2.24) is 0 Å². The third-order valence-electron chi connectivity index (χ3n) is 2.70. The summed E-state index contributed by atoms with van der Waals surface area (Å²) >= 11 is 0. The van der Waals surface area contributed by atoms with Crippen LogP contribution in [0.4, 0.5) is 5.69 Å². The molecule has 0 radical (unpaired) electrons. The van der Waals surface area contributed by atoms with Gasteiger partial charge < -0.3 is 9.47 Å². The number of methoxy groups -OCH3 is 1. The van der Waals surface area contributed by atoms with E-state index < -0.39 is 0 Å². The molecule has 2 rings (SSSR count). The molecule has 0 saturated carbocycles. The van der Waals surface area contributed by atoms with E-state index in [1.807, 2.05) is 48.5 Å². The lowest BCUT2D eigenvalue weighted by atomic mass is 10.2. The fourth-order valence-electron chi connectivity index (χ4n) is 1.68. The molecule has 0 aliphatic heterocycles. The topological polar surface area (TPSA) is 30.8 Å². The first-order chi connectivity index (χ1) is 9.83. The molecule has 102 valence electrons. The molecule has 0 N–H and O–H groups in total. The largest absolute Gasteiger partial charge is 0.497 e. The molecule has 20 heavy (non-hydrogen) atoms. The van der Waals surface area contributed by atoms with E-state index in [-0.39, 0.29) is 0 Å². The highest BCUT2D eigenvalue weighted by Gasteiger charge is 1.99. The van der Waals surface area contributed by atoms with Crippen molar-refractivity contribution in [2.75, 3.05) is 13.7 Å². The minimum Gasteiger partial charge on any atom is -0.497 e. The Kier molecular flexibility index (Phi) is 4.95. The zero-order valence-corrected chi connectivity index (χ0v) is 11.5. The van der Waals surface area contributed by atoms with Gasteiger partial charge in [-0.05, 0) is 36.4 Å². The summed E-state index contributed by atoms with van der Waals surface area (Å²) in [7, 11) is 1.64. The number of aliphatic imine (C=N–C) groups is 1. The van der Waals surface area contributed by atoms with E-state index >= 15 is 0 Å². The Morgan fingerprint density at radius 2 is 1.85 bits per heavy atom. The second-order valence-corrected chi connectivity index (χ2v) is 4.09. The normalized spacial score (nSPS) is 10.4. The Balaban J connectivity index is 2.15. The van der Waals surface area contributed by atoms with E-state index in [9.17, 15) is 0 Å². The Morgan fingerprint density at radius 1 is 1.10 bits per heavy atom. The number of nitrogens with zero attached hydrogens (tertiary/aromatic N) is 1. The van der Waals surface area contributed by atoms with Crippen molar-refractivity contribution in [3.05, 3.63) is 66.7 Å². The summed E-state index contributed by atoms with van der Waals surface area (Å²) < 4.78 is 10.7. The van der Waals surface area contributed by atoms with Gasteiger partial charge in [-0.2, -0.15) is 0 Å². The molecule has 0 spiro atoms. The van der Waals surface area contributed by atoms with E-state index in [1.54, 1.807) is 19.4 Å². The first-order valence-electron chi connectivity index (χ1n) is 6.34. The molecule has 0 aromatic heterocycles. The number of benzene rings is 2. The average molecular weight is 267 g/mol. The molecule has 0 unspecified atom stereocenters. The highest BCUT2D eigenvalue weighted by atomic mass is 16.5. The van der Waals surface area contributed by atoms with Gasteiger partial charge in [-0.25, -0.2) is 0 Å². The van der Waals surface area contributed by atoms with Gasteiger partial charge in [-0.15, -0.1) is 0 Å². The molecule has 0 heterocycles. The zero-order chi connectivity index (χ0) is 14.2. The van der Waals surface area contributed by atoms with Crippen molar-refractivity contribution in [3.8, 4) is 11.5 Å². The quantitative estimate of drug-likeness (QED) is 0.585.